The Morgan fingerprint density at radius 2 is 2.53 bits per heavy atom. The number of rotatable bonds is 5. The van der Waals surface area contributed by atoms with Crippen LogP contribution in [0.4, 0.5) is 0 Å². The van der Waals surface area contributed by atoms with E-state index in [0.717, 1.165) is 32.2 Å². The molecule has 94 valence electrons. The van der Waals surface area contributed by atoms with Crippen LogP contribution in [0.25, 0.3) is 0 Å². The van der Waals surface area contributed by atoms with E-state index in [0.29, 0.717) is 0 Å². The molecule has 1 amide bonds. The quantitative estimate of drug-likeness (QED) is 0.749. The van der Waals surface area contributed by atoms with E-state index in [-0.39, 0.29) is 11.8 Å². The molecule has 1 fully saturated rings. The summed E-state index contributed by atoms with van der Waals surface area (Å²) in [6.45, 7) is 0.779. The third-order valence-corrected chi connectivity index (χ3v) is 3.88. The lowest BCUT2D eigenvalue weighted by molar-refractivity contribution is -0.125. The highest BCUT2D eigenvalue weighted by Gasteiger charge is 2.46. The molecule has 0 aromatic carbocycles. The summed E-state index contributed by atoms with van der Waals surface area (Å²) in [6, 6.07) is 0. The lowest BCUT2D eigenvalue weighted by Crippen LogP contribution is -2.56. The van der Waals surface area contributed by atoms with Gasteiger partial charge in [0.15, 0.2) is 0 Å². The largest absolute Gasteiger partial charge is 0.368 e. The Bertz CT molecular complexity index is 377. The molecule has 0 saturated heterocycles. The van der Waals surface area contributed by atoms with Gasteiger partial charge in [-0.2, -0.15) is 5.10 Å². The summed E-state index contributed by atoms with van der Waals surface area (Å²) in [5.41, 5.74) is 5.02. The van der Waals surface area contributed by atoms with Gasteiger partial charge in [0.05, 0.1) is 0 Å². The Morgan fingerprint density at radius 3 is 3.12 bits per heavy atom. The van der Waals surface area contributed by atoms with Crippen LogP contribution >= 0.6 is 0 Å². The van der Waals surface area contributed by atoms with E-state index in [2.05, 4.69) is 15.4 Å². The highest BCUT2D eigenvalue weighted by atomic mass is 16.1. The summed E-state index contributed by atoms with van der Waals surface area (Å²) in [5.74, 6) is 0.0512. The van der Waals surface area contributed by atoms with Crippen LogP contribution in [-0.4, -0.2) is 33.3 Å². The topological polar surface area (TPSA) is 85.8 Å². The van der Waals surface area contributed by atoms with Crippen molar-refractivity contribution in [3.05, 3.63) is 12.7 Å². The molecule has 2 unspecified atom stereocenters. The van der Waals surface area contributed by atoms with Crippen LogP contribution in [-0.2, 0) is 11.3 Å². The van der Waals surface area contributed by atoms with Crippen molar-refractivity contribution in [2.24, 2.45) is 11.7 Å². The minimum Gasteiger partial charge on any atom is -0.368 e. The van der Waals surface area contributed by atoms with Crippen molar-refractivity contribution in [1.82, 2.24) is 20.1 Å². The molecule has 0 radical (unpaired) electrons. The van der Waals surface area contributed by atoms with E-state index >= 15 is 0 Å². The van der Waals surface area contributed by atoms with Crippen LogP contribution < -0.4 is 11.1 Å². The van der Waals surface area contributed by atoms with Crippen LogP contribution in [0.2, 0.25) is 0 Å². The van der Waals surface area contributed by atoms with E-state index in [4.69, 9.17) is 5.73 Å². The molecule has 0 spiro atoms. The molecule has 0 bridgehead atoms. The molecule has 1 aromatic heterocycles. The lowest BCUT2D eigenvalue weighted by Gasteiger charge is -2.32. The zero-order valence-corrected chi connectivity index (χ0v) is 10.1. The minimum absolute atomic E-state index is 0.235. The normalized spacial score (nSPS) is 28.4. The summed E-state index contributed by atoms with van der Waals surface area (Å²) >= 11 is 0. The molecule has 2 rings (SSSR count). The molecule has 6 nitrogen and oxygen atoms in total. The average Bonchev–Trinajstić information content (AvgIpc) is 2.96. The molecule has 0 aliphatic heterocycles. The third kappa shape index (κ3) is 2.17. The molecule has 6 heteroatoms. The fraction of sp³-hybridized carbons (Fsp3) is 0.727. The maximum Gasteiger partial charge on any atom is 0.238 e. The minimum atomic E-state index is -0.527. The highest BCUT2D eigenvalue weighted by Crippen LogP contribution is 2.37. The van der Waals surface area contributed by atoms with E-state index < -0.39 is 5.54 Å². The van der Waals surface area contributed by atoms with Crippen LogP contribution in [0.15, 0.2) is 12.7 Å². The average molecular weight is 237 g/mol. The van der Waals surface area contributed by atoms with E-state index in [1.54, 1.807) is 11.0 Å². The predicted octanol–water partition coefficient (Wildman–Crippen LogP) is -0.0882. The number of nitrogens with one attached hydrogen (secondary N) is 1. The molecule has 1 heterocycles. The Morgan fingerprint density at radius 1 is 1.71 bits per heavy atom. The molecule has 1 aliphatic rings. The fourth-order valence-corrected chi connectivity index (χ4v) is 2.88. The van der Waals surface area contributed by atoms with Gasteiger partial charge in [0, 0.05) is 6.54 Å². The van der Waals surface area contributed by atoms with Gasteiger partial charge in [-0.3, -0.25) is 9.48 Å². The number of primary amides is 1. The molecular weight excluding hydrogens is 218 g/mol. The van der Waals surface area contributed by atoms with Gasteiger partial charge in [0.2, 0.25) is 5.91 Å². The predicted molar refractivity (Wildman–Crippen MR) is 63.0 cm³/mol. The van der Waals surface area contributed by atoms with Gasteiger partial charge in [0.1, 0.15) is 18.2 Å². The number of amides is 1. The summed E-state index contributed by atoms with van der Waals surface area (Å²) < 4.78 is 1.79. The lowest BCUT2D eigenvalue weighted by atomic mass is 9.84. The molecule has 2 atom stereocenters. The fourth-order valence-electron chi connectivity index (χ4n) is 2.88. The Kier molecular flexibility index (Phi) is 3.42. The molecule has 3 N–H and O–H groups in total. The summed E-state index contributed by atoms with van der Waals surface area (Å²) in [5, 5.41) is 7.20. The van der Waals surface area contributed by atoms with Crippen molar-refractivity contribution in [3.63, 3.8) is 0 Å². The molecule has 1 aromatic rings. The van der Waals surface area contributed by atoms with Crippen LogP contribution in [0.5, 0.6) is 0 Å². The van der Waals surface area contributed by atoms with Crippen molar-refractivity contribution >= 4 is 5.91 Å². The van der Waals surface area contributed by atoms with Gasteiger partial charge in [-0.25, -0.2) is 4.98 Å². The number of carbonyl (C=O) groups excluding carboxylic acids is 1. The first-order valence-corrected chi connectivity index (χ1v) is 6.00. The highest BCUT2D eigenvalue weighted by molar-refractivity contribution is 5.85. The summed E-state index contributed by atoms with van der Waals surface area (Å²) in [7, 11) is 1.82. The Hall–Kier alpha value is -1.43. The zero-order chi connectivity index (χ0) is 12.3. The van der Waals surface area contributed by atoms with Crippen molar-refractivity contribution in [2.45, 2.75) is 37.8 Å². The first-order chi connectivity index (χ1) is 8.19. The van der Waals surface area contributed by atoms with Gasteiger partial charge in [-0.1, -0.05) is 6.42 Å². The van der Waals surface area contributed by atoms with Crippen LogP contribution in [0.1, 0.15) is 25.7 Å². The Balaban J connectivity index is 2.01. The molecule has 17 heavy (non-hydrogen) atoms. The van der Waals surface area contributed by atoms with Gasteiger partial charge < -0.3 is 11.1 Å². The number of nitrogens with two attached hydrogens (primary N) is 1. The van der Waals surface area contributed by atoms with Gasteiger partial charge >= 0.3 is 0 Å². The first kappa shape index (κ1) is 12.0. The molecular formula is C11H19N5O. The third-order valence-electron chi connectivity index (χ3n) is 3.88. The first-order valence-electron chi connectivity index (χ1n) is 6.00. The number of likely N-dealkylation sites (N-methyl/N-ethyl adjacent to an activating group) is 1. The second-order valence-corrected chi connectivity index (χ2v) is 4.62. The van der Waals surface area contributed by atoms with Crippen LogP contribution in [0, 0.1) is 5.92 Å². The van der Waals surface area contributed by atoms with Crippen LogP contribution in [0.3, 0.4) is 0 Å². The van der Waals surface area contributed by atoms with Gasteiger partial charge in [-0.05, 0) is 32.2 Å². The number of hydrogen-bond acceptors (Lipinski definition) is 4. The van der Waals surface area contributed by atoms with E-state index in [1.165, 1.54) is 6.33 Å². The van der Waals surface area contributed by atoms with Crippen molar-refractivity contribution in [1.29, 1.82) is 0 Å². The van der Waals surface area contributed by atoms with E-state index in [9.17, 15) is 4.79 Å². The number of aryl methyl sites for hydroxylation is 1. The SMILES string of the molecule is CNC1(C(N)=O)CCCC1CCn1cncn1. The smallest absolute Gasteiger partial charge is 0.238 e. The summed E-state index contributed by atoms with van der Waals surface area (Å²) in [6.07, 6.45) is 7.03. The summed E-state index contributed by atoms with van der Waals surface area (Å²) in [4.78, 5) is 15.6. The number of hydrogen-bond donors (Lipinski definition) is 2. The second kappa shape index (κ2) is 4.83. The van der Waals surface area contributed by atoms with Crippen molar-refractivity contribution in [2.75, 3.05) is 7.05 Å². The maximum atomic E-state index is 11.7. The van der Waals surface area contributed by atoms with E-state index in [1.807, 2.05) is 7.05 Å². The monoisotopic (exact) mass is 237 g/mol. The maximum absolute atomic E-state index is 11.7. The standard InChI is InChI=1S/C11H19N5O/c1-13-11(10(12)17)5-2-3-9(11)4-6-16-8-14-7-15-16/h7-9,13H,2-6H2,1H3,(H2,12,17). The molecule has 1 saturated carbocycles. The molecule has 1 aliphatic carbocycles. The van der Waals surface area contributed by atoms with Gasteiger partial charge in [-0.15, -0.1) is 0 Å². The number of nitrogens with zero attached hydrogens (tertiary/aromatic N) is 3. The van der Waals surface area contributed by atoms with Gasteiger partial charge in [0.25, 0.3) is 0 Å². The zero-order valence-electron chi connectivity index (χ0n) is 10.1. The number of carbonyl (C=O) groups is 1. The van der Waals surface area contributed by atoms with Crippen molar-refractivity contribution in [3.8, 4) is 0 Å². The second-order valence-electron chi connectivity index (χ2n) is 4.62. The Labute approximate surface area is 101 Å². The number of aromatic nitrogens is 3. The van der Waals surface area contributed by atoms with Crippen molar-refractivity contribution < 1.29 is 4.79 Å².